The minimum atomic E-state index is 0.814. The molecule has 0 amide bonds. The van der Waals surface area contributed by atoms with Crippen LogP contribution in [0.15, 0.2) is 18.2 Å². The summed E-state index contributed by atoms with van der Waals surface area (Å²) in [5.74, 6) is 1.64. The number of nitrogens with zero attached hydrogens (tertiary/aromatic N) is 1. The van der Waals surface area contributed by atoms with E-state index >= 15 is 0 Å². The van der Waals surface area contributed by atoms with E-state index in [2.05, 4.69) is 24.1 Å². The molecule has 20 heavy (non-hydrogen) atoms. The molecule has 0 aliphatic rings. The van der Waals surface area contributed by atoms with Crippen molar-refractivity contribution < 1.29 is 9.47 Å². The molecule has 0 heterocycles. The van der Waals surface area contributed by atoms with E-state index < -0.39 is 0 Å². The molecule has 114 valence electrons. The smallest absolute Gasteiger partial charge is 0.145 e. The van der Waals surface area contributed by atoms with E-state index in [0.717, 1.165) is 43.2 Å². The van der Waals surface area contributed by atoms with Crippen molar-refractivity contribution in [3.05, 3.63) is 18.2 Å². The summed E-state index contributed by atoms with van der Waals surface area (Å²) in [4.78, 5) is 2.45. The Morgan fingerprint density at radius 1 is 1.05 bits per heavy atom. The van der Waals surface area contributed by atoms with Crippen molar-refractivity contribution in [2.45, 2.75) is 26.7 Å². The fraction of sp³-hybridized carbons (Fsp3) is 0.625. The van der Waals surface area contributed by atoms with Crippen molar-refractivity contribution in [2.75, 3.05) is 45.7 Å². The summed E-state index contributed by atoms with van der Waals surface area (Å²) in [5, 5.41) is 3.43. The summed E-state index contributed by atoms with van der Waals surface area (Å²) in [5.41, 5.74) is 1.02. The van der Waals surface area contributed by atoms with Crippen LogP contribution in [0, 0.1) is 0 Å². The number of nitrogens with one attached hydrogen (secondary N) is 1. The predicted molar refractivity (Wildman–Crippen MR) is 85.1 cm³/mol. The van der Waals surface area contributed by atoms with Gasteiger partial charge in [-0.05, 0) is 44.6 Å². The van der Waals surface area contributed by atoms with Crippen LogP contribution in [0.3, 0.4) is 0 Å². The summed E-state index contributed by atoms with van der Waals surface area (Å²) in [6.45, 7) is 8.83. The third-order valence-corrected chi connectivity index (χ3v) is 3.52. The molecule has 0 saturated heterocycles. The van der Waals surface area contributed by atoms with E-state index in [1.54, 1.807) is 14.2 Å². The second-order valence-electron chi connectivity index (χ2n) is 4.73. The summed E-state index contributed by atoms with van der Waals surface area (Å²) in [6, 6.07) is 5.85. The molecule has 1 N–H and O–H groups in total. The maximum Gasteiger partial charge on any atom is 0.145 e. The van der Waals surface area contributed by atoms with E-state index in [9.17, 15) is 0 Å². The fourth-order valence-corrected chi connectivity index (χ4v) is 2.17. The van der Waals surface area contributed by atoms with Gasteiger partial charge in [-0.3, -0.25) is 0 Å². The number of rotatable bonds is 10. The lowest BCUT2D eigenvalue weighted by atomic mass is 10.2. The zero-order chi connectivity index (χ0) is 14.8. The van der Waals surface area contributed by atoms with Gasteiger partial charge in [-0.2, -0.15) is 0 Å². The van der Waals surface area contributed by atoms with Crippen LogP contribution in [0.25, 0.3) is 0 Å². The quantitative estimate of drug-likeness (QED) is 0.667. The molecule has 0 atom stereocenters. The average molecular weight is 280 g/mol. The number of methoxy groups -OCH3 is 2. The SMILES string of the molecule is CCN(CC)CCCCNc1ccc(OC)cc1OC. The highest BCUT2D eigenvalue weighted by molar-refractivity contribution is 5.59. The van der Waals surface area contributed by atoms with E-state index in [-0.39, 0.29) is 0 Å². The molecular formula is C16H28N2O2. The van der Waals surface area contributed by atoms with Crippen LogP contribution >= 0.6 is 0 Å². The Bertz CT molecular complexity index is 379. The van der Waals surface area contributed by atoms with Crippen LogP contribution in [0.5, 0.6) is 11.5 Å². The molecule has 0 bridgehead atoms. The largest absolute Gasteiger partial charge is 0.497 e. The van der Waals surface area contributed by atoms with Crippen molar-refractivity contribution in [3.63, 3.8) is 0 Å². The van der Waals surface area contributed by atoms with Gasteiger partial charge < -0.3 is 19.7 Å². The topological polar surface area (TPSA) is 33.7 Å². The molecule has 1 rings (SSSR count). The molecule has 0 radical (unpaired) electrons. The fourth-order valence-electron chi connectivity index (χ4n) is 2.17. The maximum atomic E-state index is 5.37. The Morgan fingerprint density at radius 2 is 1.80 bits per heavy atom. The molecule has 0 unspecified atom stereocenters. The second kappa shape index (κ2) is 9.48. The van der Waals surface area contributed by atoms with Crippen LogP contribution in [0.4, 0.5) is 5.69 Å². The molecule has 1 aromatic rings. The molecule has 0 aliphatic carbocycles. The molecule has 4 nitrogen and oxygen atoms in total. The first-order valence-corrected chi connectivity index (χ1v) is 7.43. The lowest BCUT2D eigenvalue weighted by Gasteiger charge is -2.18. The highest BCUT2D eigenvalue weighted by atomic mass is 16.5. The summed E-state index contributed by atoms with van der Waals surface area (Å²) < 4.78 is 10.6. The lowest BCUT2D eigenvalue weighted by molar-refractivity contribution is 0.298. The second-order valence-corrected chi connectivity index (χ2v) is 4.73. The van der Waals surface area contributed by atoms with Crippen LogP contribution < -0.4 is 14.8 Å². The van der Waals surface area contributed by atoms with Crippen LogP contribution in [-0.4, -0.2) is 45.3 Å². The number of unbranched alkanes of at least 4 members (excludes halogenated alkanes) is 1. The van der Waals surface area contributed by atoms with Gasteiger partial charge >= 0.3 is 0 Å². The van der Waals surface area contributed by atoms with E-state index in [4.69, 9.17) is 9.47 Å². The number of hydrogen-bond donors (Lipinski definition) is 1. The van der Waals surface area contributed by atoms with E-state index in [1.165, 1.54) is 13.0 Å². The normalized spacial score (nSPS) is 10.7. The molecule has 0 fully saturated rings. The third-order valence-electron chi connectivity index (χ3n) is 3.52. The Hall–Kier alpha value is -1.42. The van der Waals surface area contributed by atoms with Crippen LogP contribution in [0.1, 0.15) is 26.7 Å². The Labute approximate surface area is 123 Å². The molecule has 1 aromatic carbocycles. The molecule has 0 aromatic heterocycles. The number of anilines is 1. The molecule has 4 heteroatoms. The highest BCUT2D eigenvalue weighted by Crippen LogP contribution is 2.28. The standard InChI is InChI=1S/C16H28N2O2/c1-5-18(6-2)12-8-7-11-17-15-10-9-14(19-3)13-16(15)20-4/h9-10,13,17H,5-8,11-12H2,1-4H3. The maximum absolute atomic E-state index is 5.37. The van der Waals surface area contributed by atoms with Gasteiger partial charge in [-0.15, -0.1) is 0 Å². The minimum Gasteiger partial charge on any atom is -0.497 e. The van der Waals surface area contributed by atoms with Crippen molar-refractivity contribution in [1.82, 2.24) is 4.90 Å². The monoisotopic (exact) mass is 280 g/mol. The number of hydrogen-bond acceptors (Lipinski definition) is 4. The van der Waals surface area contributed by atoms with Crippen molar-refractivity contribution in [1.29, 1.82) is 0 Å². The molecule has 0 spiro atoms. The van der Waals surface area contributed by atoms with Crippen LogP contribution in [0.2, 0.25) is 0 Å². The number of benzene rings is 1. The summed E-state index contributed by atoms with van der Waals surface area (Å²) in [7, 11) is 3.34. The first-order valence-electron chi connectivity index (χ1n) is 7.43. The average Bonchev–Trinajstić information content (AvgIpc) is 2.50. The minimum absolute atomic E-state index is 0.814. The summed E-state index contributed by atoms with van der Waals surface area (Å²) in [6.07, 6.45) is 2.37. The van der Waals surface area contributed by atoms with Gasteiger partial charge in [-0.25, -0.2) is 0 Å². The Kier molecular flexibility index (Phi) is 7.88. The summed E-state index contributed by atoms with van der Waals surface area (Å²) >= 11 is 0. The van der Waals surface area contributed by atoms with Gasteiger partial charge in [0.25, 0.3) is 0 Å². The molecule has 0 aliphatic heterocycles. The van der Waals surface area contributed by atoms with Gasteiger partial charge in [0.1, 0.15) is 11.5 Å². The van der Waals surface area contributed by atoms with Gasteiger partial charge in [0.2, 0.25) is 0 Å². The third kappa shape index (κ3) is 5.29. The van der Waals surface area contributed by atoms with Crippen LogP contribution in [-0.2, 0) is 0 Å². The molecule has 0 saturated carbocycles. The highest BCUT2D eigenvalue weighted by Gasteiger charge is 2.04. The Balaban J connectivity index is 2.34. The zero-order valence-corrected chi connectivity index (χ0v) is 13.2. The van der Waals surface area contributed by atoms with Gasteiger partial charge in [0.15, 0.2) is 0 Å². The van der Waals surface area contributed by atoms with Gasteiger partial charge in [-0.1, -0.05) is 13.8 Å². The zero-order valence-electron chi connectivity index (χ0n) is 13.2. The van der Waals surface area contributed by atoms with Crippen molar-refractivity contribution in [2.24, 2.45) is 0 Å². The Morgan fingerprint density at radius 3 is 2.40 bits per heavy atom. The first-order chi connectivity index (χ1) is 9.74. The van der Waals surface area contributed by atoms with Crippen molar-refractivity contribution in [3.8, 4) is 11.5 Å². The van der Waals surface area contributed by atoms with Crippen molar-refractivity contribution >= 4 is 5.69 Å². The molecular weight excluding hydrogens is 252 g/mol. The van der Waals surface area contributed by atoms with Gasteiger partial charge in [0.05, 0.1) is 19.9 Å². The van der Waals surface area contributed by atoms with Gasteiger partial charge in [0, 0.05) is 12.6 Å². The lowest BCUT2D eigenvalue weighted by Crippen LogP contribution is -2.24. The van der Waals surface area contributed by atoms with E-state index in [1.807, 2.05) is 18.2 Å². The number of ether oxygens (including phenoxy) is 2. The predicted octanol–water partition coefficient (Wildman–Crippen LogP) is 3.24. The van der Waals surface area contributed by atoms with E-state index in [0.29, 0.717) is 0 Å². The first kappa shape index (κ1) is 16.6.